The summed E-state index contributed by atoms with van der Waals surface area (Å²) in [5.41, 5.74) is 5.80. The molecule has 0 fully saturated rings. The molecule has 1 amide bonds. The quantitative estimate of drug-likeness (QED) is 0.184. The molecule has 10 heteroatoms. The van der Waals surface area contributed by atoms with Crippen LogP contribution in [0.25, 0.3) is 17.1 Å². The van der Waals surface area contributed by atoms with Crippen LogP contribution < -0.4 is 14.9 Å². The molecule has 0 atom stereocenters. The van der Waals surface area contributed by atoms with E-state index in [1.165, 1.54) is 11.8 Å². The van der Waals surface area contributed by atoms with Crippen molar-refractivity contribution in [3.8, 4) is 28.6 Å². The van der Waals surface area contributed by atoms with Gasteiger partial charge in [-0.15, -0.1) is 10.2 Å². The Labute approximate surface area is 218 Å². The van der Waals surface area contributed by atoms with Gasteiger partial charge in [-0.3, -0.25) is 9.36 Å². The van der Waals surface area contributed by atoms with E-state index in [1.54, 1.807) is 26.4 Å². The third-order valence-corrected chi connectivity index (χ3v) is 6.42. The molecule has 0 aliphatic carbocycles. The first-order valence-electron chi connectivity index (χ1n) is 10.9. The van der Waals surface area contributed by atoms with Gasteiger partial charge in [0.15, 0.2) is 11.0 Å². The fraction of sp³-hybridized carbons (Fsp3) is 0.154. The molecular formula is C26H24ClN5O3S. The number of ether oxygens (including phenoxy) is 2. The van der Waals surface area contributed by atoms with Crippen molar-refractivity contribution in [1.29, 1.82) is 0 Å². The zero-order chi connectivity index (χ0) is 25.5. The van der Waals surface area contributed by atoms with Crippen LogP contribution in [0.3, 0.4) is 0 Å². The van der Waals surface area contributed by atoms with Crippen LogP contribution in [0.4, 0.5) is 0 Å². The van der Waals surface area contributed by atoms with Crippen LogP contribution in [-0.4, -0.2) is 46.4 Å². The van der Waals surface area contributed by atoms with E-state index in [0.29, 0.717) is 21.7 Å². The van der Waals surface area contributed by atoms with Crippen molar-refractivity contribution in [3.63, 3.8) is 0 Å². The molecule has 0 bridgehead atoms. The van der Waals surface area contributed by atoms with E-state index in [1.807, 2.05) is 72.2 Å². The Kier molecular flexibility index (Phi) is 8.24. The summed E-state index contributed by atoms with van der Waals surface area (Å²) in [7, 11) is 3.22. The number of hydrazone groups is 1. The third kappa shape index (κ3) is 6.05. The Hall–Kier alpha value is -3.82. The molecule has 4 aromatic rings. The number of benzene rings is 3. The maximum absolute atomic E-state index is 12.6. The maximum atomic E-state index is 12.6. The van der Waals surface area contributed by atoms with Gasteiger partial charge in [0.1, 0.15) is 11.5 Å². The largest absolute Gasteiger partial charge is 0.497 e. The van der Waals surface area contributed by atoms with Crippen molar-refractivity contribution < 1.29 is 14.3 Å². The molecule has 184 valence electrons. The Morgan fingerprint density at radius 1 is 1.00 bits per heavy atom. The number of rotatable bonds is 9. The minimum Gasteiger partial charge on any atom is -0.497 e. The number of carbonyl (C=O) groups is 1. The van der Waals surface area contributed by atoms with Crippen LogP contribution in [0.15, 0.2) is 83.1 Å². The Bertz CT molecular complexity index is 1370. The lowest BCUT2D eigenvalue weighted by Gasteiger charge is -2.11. The van der Waals surface area contributed by atoms with E-state index < -0.39 is 0 Å². The third-order valence-electron chi connectivity index (χ3n) is 5.23. The summed E-state index contributed by atoms with van der Waals surface area (Å²) in [5, 5.41) is 14.1. The van der Waals surface area contributed by atoms with Crippen LogP contribution in [0.5, 0.6) is 11.5 Å². The van der Waals surface area contributed by atoms with E-state index >= 15 is 0 Å². The number of thioether (sulfide) groups is 1. The number of carbonyl (C=O) groups excluding carboxylic acids is 1. The highest BCUT2D eigenvalue weighted by molar-refractivity contribution is 7.99. The summed E-state index contributed by atoms with van der Waals surface area (Å²) in [6.45, 7) is 1.82. The molecule has 36 heavy (non-hydrogen) atoms. The highest BCUT2D eigenvalue weighted by atomic mass is 35.5. The van der Waals surface area contributed by atoms with Gasteiger partial charge in [0.2, 0.25) is 0 Å². The molecule has 1 heterocycles. The number of halogens is 1. The second-order valence-electron chi connectivity index (χ2n) is 7.60. The summed E-state index contributed by atoms with van der Waals surface area (Å²) in [5.74, 6) is 1.93. The topological polar surface area (TPSA) is 90.6 Å². The summed E-state index contributed by atoms with van der Waals surface area (Å²) in [6, 6.07) is 22.4. The molecule has 3 aromatic carbocycles. The van der Waals surface area contributed by atoms with Crippen molar-refractivity contribution in [2.24, 2.45) is 5.10 Å². The molecule has 8 nitrogen and oxygen atoms in total. The fourth-order valence-corrected chi connectivity index (χ4v) is 4.20. The maximum Gasteiger partial charge on any atom is 0.250 e. The number of hydrogen-bond acceptors (Lipinski definition) is 7. The van der Waals surface area contributed by atoms with Gasteiger partial charge in [-0.05, 0) is 67.6 Å². The SMILES string of the molecule is COc1ccc(-c2nnc(SCC(=O)NN=C(C)c3cccc(OC)c3)n2-c2ccc(Cl)cc2)cc1. The van der Waals surface area contributed by atoms with E-state index in [9.17, 15) is 4.79 Å². The molecule has 0 aliphatic rings. The highest BCUT2D eigenvalue weighted by Gasteiger charge is 2.17. The summed E-state index contributed by atoms with van der Waals surface area (Å²) < 4.78 is 12.4. The minimum atomic E-state index is -0.265. The lowest BCUT2D eigenvalue weighted by molar-refractivity contribution is -0.118. The van der Waals surface area contributed by atoms with Crippen LogP contribution in [0.1, 0.15) is 12.5 Å². The first kappa shape index (κ1) is 25.3. The summed E-state index contributed by atoms with van der Waals surface area (Å²) >= 11 is 7.36. The van der Waals surface area contributed by atoms with Crippen molar-refractivity contribution in [3.05, 3.63) is 83.4 Å². The Balaban J connectivity index is 1.52. The van der Waals surface area contributed by atoms with Crippen LogP contribution in [-0.2, 0) is 4.79 Å². The minimum absolute atomic E-state index is 0.100. The van der Waals surface area contributed by atoms with Crippen molar-refractivity contribution in [2.45, 2.75) is 12.1 Å². The smallest absolute Gasteiger partial charge is 0.250 e. The molecule has 0 saturated heterocycles. The molecule has 0 radical (unpaired) electrons. The fourth-order valence-electron chi connectivity index (χ4n) is 3.33. The second kappa shape index (κ2) is 11.7. The van der Waals surface area contributed by atoms with E-state index in [4.69, 9.17) is 21.1 Å². The van der Waals surface area contributed by atoms with Gasteiger partial charge >= 0.3 is 0 Å². The van der Waals surface area contributed by atoms with Crippen molar-refractivity contribution in [2.75, 3.05) is 20.0 Å². The van der Waals surface area contributed by atoms with Crippen molar-refractivity contribution in [1.82, 2.24) is 20.2 Å². The van der Waals surface area contributed by atoms with Gasteiger partial charge in [-0.25, -0.2) is 5.43 Å². The second-order valence-corrected chi connectivity index (χ2v) is 8.98. The van der Waals surface area contributed by atoms with Gasteiger partial charge in [0.25, 0.3) is 5.91 Å². The first-order valence-corrected chi connectivity index (χ1v) is 12.3. The molecule has 1 N–H and O–H groups in total. The Morgan fingerprint density at radius 2 is 1.72 bits per heavy atom. The standard InChI is InChI=1S/C26H24ClN5O3S/c1-17(19-5-4-6-23(15-19)35-3)28-29-24(33)16-36-26-31-30-25(18-7-13-22(34-2)14-8-18)32(26)21-11-9-20(27)10-12-21/h4-15H,16H2,1-3H3,(H,29,33). The average molecular weight is 522 g/mol. The normalized spacial score (nSPS) is 11.3. The molecule has 0 aliphatic heterocycles. The predicted octanol–water partition coefficient (Wildman–Crippen LogP) is 5.24. The summed E-state index contributed by atoms with van der Waals surface area (Å²) in [4.78, 5) is 12.6. The van der Waals surface area contributed by atoms with Gasteiger partial charge in [0, 0.05) is 21.8 Å². The highest BCUT2D eigenvalue weighted by Crippen LogP contribution is 2.29. The Morgan fingerprint density at radius 3 is 2.42 bits per heavy atom. The lowest BCUT2D eigenvalue weighted by atomic mass is 10.1. The van der Waals surface area contributed by atoms with E-state index in [-0.39, 0.29) is 11.7 Å². The number of methoxy groups -OCH3 is 2. The number of aromatic nitrogens is 3. The summed E-state index contributed by atoms with van der Waals surface area (Å²) in [6.07, 6.45) is 0. The molecule has 4 rings (SSSR count). The zero-order valence-corrected chi connectivity index (χ0v) is 21.5. The van der Waals surface area contributed by atoms with Gasteiger partial charge in [-0.2, -0.15) is 5.10 Å². The van der Waals surface area contributed by atoms with Crippen molar-refractivity contribution >= 4 is 35.0 Å². The van der Waals surface area contributed by atoms with Crippen LogP contribution >= 0.6 is 23.4 Å². The van der Waals surface area contributed by atoms with Gasteiger partial charge in [0.05, 0.1) is 25.7 Å². The molecule has 0 spiro atoms. The number of amides is 1. The lowest BCUT2D eigenvalue weighted by Crippen LogP contribution is -2.21. The molecule has 0 unspecified atom stereocenters. The number of nitrogens with one attached hydrogen (secondary N) is 1. The zero-order valence-electron chi connectivity index (χ0n) is 19.9. The average Bonchev–Trinajstić information content (AvgIpc) is 3.35. The van der Waals surface area contributed by atoms with Crippen LogP contribution in [0, 0.1) is 0 Å². The van der Waals surface area contributed by atoms with Gasteiger partial charge in [-0.1, -0.05) is 35.5 Å². The molecule has 1 aromatic heterocycles. The van der Waals surface area contributed by atoms with Gasteiger partial charge < -0.3 is 9.47 Å². The molecular weight excluding hydrogens is 498 g/mol. The van der Waals surface area contributed by atoms with E-state index in [2.05, 4.69) is 20.7 Å². The molecule has 0 saturated carbocycles. The monoisotopic (exact) mass is 521 g/mol. The van der Waals surface area contributed by atoms with Crippen LogP contribution in [0.2, 0.25) is 5.02 Å². The number of hydrogen-bond donors (Lipinski definition) is 1. The predicted molar refractivity (Wildman–Crippen MR) is 142 cm³/mol. The van der Waals surface area contributed by atoms with E-state index in [0.717, 1.165) is 28.3 Å². The number of nitrogens with zero attached hydrogens (tertiary/aromatic N) is 4. The first-order chi connectivity index (χ1) is 17.5.